The number of hydrogen-bond donors (Lipinski definition) is 1. The lowest BCUT2D eigenvalue weighted by Crippen LogP contribution is -2.46. The van der Waals surface area contributed by atoms with Crippen LogP contribution in [0.5, 0.6) is 0 Å². The normalized spacial score (nSPS) is 19.9. The maximum Gasteiger partial charge on any atom is 0.0619 e. The minimum absolute atomic E-state index is 0.473. The van der Waals surface area contributed by atoms with Crippen molar-refractivity contribution in [2.75, 3.05) is 37.0 Å². The molecule has 0 saturated heterocycles. The average molecular weight is 240 g/mol. The Morgan fingerprint density at radius 2 is 2.12 bits per heavy atom. The first-order chi connectivity index (χ1) is 7.63. The van der Waals surface area contributed by atoms with Crippen LogP contribution in [0.25, 0.3) is 0 Å². The third-order valence-corrected chi connectivity index (χ3v) is 3.50. The van der Waals surface area contributed by atoms with Crippen molar-refractivity contribution in [2.24, 2.45) is 5.73 Å². The van der Waals surface area contributed by atoms with E-state index in [0.717, 1.165) is 24.5 Å². The van der Waals surface area contributed by atoms with Crippen molar-refractivity contribution in [1.29, 1.82) is 0 Å². The lowest BCUT2D eigenvalue weighted by atomic mass is 10.1. The average Bonchev–Trinajstić information content (AvgIpc) is 2.25. The fourth-order valence-corrected chi connectivity index (χ4v) is 2.48. The van der Waals surface area contributed by atoms with Crippen LogP contribution in [0.2, 0.25) is 5.02 Å². The summed E-state index contributed by atoms with van der Waals surface area (Å²) < 4.78 is 0. The zero-order chi connectivity index (χ0) is 11.7. The van der Waals surface area contributed by atoms with Crippen molar-refractivity contribution in [2.45, 2.75) is 12.5 Å². The minimum atomic E-state index is 0.473. The van der Waals surface area contributed by atoms with Gasteiger partial charge >= 0.3 is 0 Å². The lowest BCUT2D eigenvalue weighted by molar-refractivity contribution is 0.567. The van der Waals surface area contributed by atoms with Crippen molar-refractivity contribution < 1.29 is 0 Å². The Balaban J connectivity index is 2.36. The van der Waals surface area contributed by atoms with E-state index in [9.17, 15) is 0 Å². The van der Waals surface area contributed by atoms with Gasteiger partial charge in [0, 0.05) is 31.7 Å². The van der Waals surface area contributed by atoms with Crippen LogP contribution < -0.4 is 15.5 Å². The van der Waals surface area contributed by atoms with E-state index >= 15 is 0 Å². The number of likely N-dealkylation sites (N-methyl/N-ethyl adjacent to an activating group) is 2. The first kappa shape index (κ1) is 11.6. The molecule has 1 heterocycles. The molecule has 1 unspecified atom stereocenters. The first-order valence-electron chi connectivity index (χ1n) is 5.57. The number of hydrogen-bond acceptors (Lipinski definition) is 3. The molecule has 2 N–H and O–H groups in total. The summed E-state index contributed by atoms with van der Waals surface area (Å²) in [4.78, 5) is 4.56. The molecular formula is C12H18ClN3. The number of benzene rings is 1. The van der Waals surface area contributed by atoms with Gasteiger partial charge in [0.2, 0.25) is 0 Å². The van der Waals surface area contributed by atoms with E-state index in [2.05, 4.69) is 30.0 Å². The fourth-order valence-electron chi connectivity index (χ4n) is 2.31. The van der Waals surface area contributed by atoms with E-state index in [0.29, 0.717) is 6.04 Å². The van der Waals surface area contributed by atoms with E-state index < -0.39 is 0 Å². The van der Waals surface area contributed by atoms with Gasteiger partial charge in [0.05, 0.1) is 11.4 Å². The van der Waals surface area contributed by atoms with E-state index in [1.54, 1.807) is 0 Å². The maximum absolute atomic E-state index is 6.04. The summed E-state index contributed by atoms with van der Waals surface area (Å²) in [5.74, 6) is 0. The Bertz CT molecular complexity index is 381. The highest BCUT2D eigenvalue weighted by atomic mass is 35.5. The third kappa shape index (κ3) is 1.97. The predicted molar refractivity (Wildman–Crippen MR) is 70.6 cm³/mol. The number of anilines is 2. The van der Waals surface area contributed by atoms with Gasteiger partial charge in [-0.05, 0) is 31.2 Å². The molecule has 0 spiro atoms. The molecule has 4 heteroatoms. The molecule has 16 heavy (non-hydrogen) atoms. The predicted octanol–water partition coefficient (Wildman–Crippen LogP) is 1.94. The van der Waals surface area contributed by atoms with Gasteiger partial charge in [0.1, 0.15) is 0 Å². The number of rotatable bonds is 2. The van der Waals surface area contributed by atoms with E-state index in [1.165, 1.54) is 11.4 Å². The number of halogens is 1. The van der Waals surface area contributed by atoms with Gasteiger partial charge in [-0.3, -0.25) is 0 Å². The quantitative estimate of drug-likeness (QED) is 0.856. The van der Waals surface area contributed by atoms with Gasteiger partial charge in [-0.2, -0.15) is 0 Å². The van der Waals surface area contributed by atoms with E-state index in [-0.39, 0.29) is 0 Å². The second-order valence-corrected chi connectivity index (χ2v) is 4.79. The first-order valence-corrected chi connectivity index (χ1v) is 5.95. The van der Waals surface area contributed by atoms with Crippen LogP contribution in [0.1, 0.15) is 6.42 Å². The largest absolute Gasteiger partial charge is 0.371 e. The Labute approximate surface area is 102 Å². The summed E-state index contributed by atoms with van der Waals surface area (Å²) in [6.45, 7) is 1.74. The van der Waals surface area contributed by atoms with Gasteiger partial charge < -0.3 is 15.5 Å². The van der Waals surface area contributed by atoms with Crippen molar-refractivity contribution >= 4 is 23.0 Å². The van der Waals surface area contributed by atoms with Crippen LogP contribution in [0.15, 0.2) is 18.2 Å². The smallest absolute Gasteiger partial charge is 0.0619 e. The van der Waals surface area contributed by atoms with Crippen molar-refractivity contribution in [1.82, 2.24) is 0 Å². The van der Waals surface area contributed by atoms with Crippen LogP contribution in [-0.2, 0) is 0 Å². The summed E-state index contributed by atoms with van der Waals surface area (Å²) in [6, 6.07) is 6.51. The maximum atomic E-state index is 6.04. The Hall–Kier alpha value is -0.930. The Morgan fingerprint density at radius 3 is 2.81 bits per heavy atom. The molecule has 1 atom stereocenters. The summed E-state index contributed by atoms with van der Waals surface area (Å²) in [6.07, 6.45) is 1.01. The number of nitrogens with zero attached hydrogens (tertiary/aromatic N) is 2. The second kappa shape index (κ2) is 4.52. The second-order valence-electron chi connectivity index (χ2n) is 4.36. The van der Waals surface area contributed by atoms with Gasteiger partial charge in [0.25, 0.3) is 0 Å². The number of nitrogens with two attached hydrogens (primary N) is 1. The molecular weight excluding hydrogens is 222 g/mol. The van der Waals surface area contributed by atoms with E-state index in [1.807, 2.05) is 12.1 Å². The third-order valence-electron chi connectivity index (χ3n) is 3.26. The highest BCUT2D eigenvalue weighted by Gasteiger charge is 2.25. The fraction of sp³-hybridized carbons (Fsp3) is 0.500. The Morgan fingerprint density at radius 1 is 1.38 bits per heavy atom. The number of fused-ring (bicyclic) bond motifs is 1. The highest BCUT2D eigenvalue weighted by molar-refractivity contribution is 6.31. The molecule has 0 amide bonds. The molecule has 1 aliphatic heterocycles. The van der Waals surface area contributed by atoms with Crippen molar-refractivity contribution in [3.63, 3.8) is 0 Å². The van der Waals surface area contributed by atoms with Crippen LogP contribution in [-0.4, -0.2) is 33.2 Å². The summed E-state index contributed by atoms with van der Waals surface area (Å²) >= 11 is 6.04. The van der Waals surface area contributed by atoms with Crippen LogP contribution >= 0.6 is 11.6 Å². The lowest BCUT2D eigenvalue weighted by Gasteiger charge is -2.41. The highest BCUT2D eigenvalue weighted by Crippen LogP contribution is 2.36. The molecule has 0 saturated carbocycles. The molecule has 1 aromatic carbocycles. The summed E-state index contributed by atoms with van der Waals surface area (Å²) in [7, 11) is 4.23. The van der Waals surface area contributed by atoms with Gasteiger partial charge in [-0.25, -0.2) is 0 Å². The van der Waals surface area contributed by atoms with Gasteiger partial charge in [-0.15, -0.1) is 0 Å². The molecule has 1 aliphatic rings. The van der Waals surface area contributed by atoms with Crippen LogP contribution in [0.4, 0.5) is 11.4 Å². The van der Waals surface area contributed by atoms with Crippen molar-refractivity contribution in [3.05, 3.63) is 23.2 Å². The zero-order valence-corrected chi connectivity index (χ0v) is 10.5. The molecule has 3 nitrogen and oxygen atoms in total. The molecule has 0 radical (unpaired) electrons. The molecule has 0 aliphatic carbocycles. The molecule has 2 rings (SSSR count). The SMILES string of the molecule is CN1CC(CCN)N(C)c2cc(Cl)ccc21. The standard InChI is InChI=1S/C12H18ClN3/c1-15-8-10(5-6-14)16(2)12-7-9(13)3-4-11(12)15/h3-4,7,10H,5-6,8,14H2,1-2H3. The van der Waals surface area contributed by atoms with Gasteiger partial charge in [-0.1, -0.05) is 11.6 Å². The topological polar surface area (TPSA) is 32.5 Å². The monoisotopic (exact) mass is 239 g/mol. The summed E-state index contributed by atoms with van der Waals surface area (Å²) in [5, 5.41) is 0.785. The van der Waals surface area contributed by atoms with Crippen LogP contribution in [0, 0.1) is 0 Å². The van der Waals surface area contributed by atoms with Gasteiger partial charge in [0.15, 0.2) is 0 Å². The molecule has 1 aromatic rings. The Kier molecular flexibility index (Phi) is 3.26. The zero-order valence-electron chi connectivity index (χ0n) is 9.78. The van der Waals surface area contributed by atoms with E-state index in [4.69, 9.17) is 17.3 Å². The molecule has 0 aromatic heterocycles. The molecule has 0 fully saturated rings. The van der Waals surface area contributed by atoms with Crippen LogP contribution in [0.3, 0.4) is 0 Å². The van der Waals surface area contributed by atoms with Crippen molar-refractivity contribution in [3.8, 4) is 0 Å². The molecule has 88 valence electrons. The molecule has 0 bridgehead atoms. The summed E-state index contributed by atoms with van der Waals surface area (Å²) in [5.41, 5.74) is 8.08. The minimum Gasteiger partial charge on any atom is -0.371 e.